The SMILES string of the molecule is COc1cccc(NC(=O)c2cccc(Nc3cc4c(cn3)N(C)C(=O)C(C)N4C3CCCC3)c2)c1. The van der Waals surface area contributed by atoms with Gasteiger partial charge in [0.1, 0.15) is 17.6 Å². The van der Waals surface area contributed by atoms with Gasteiger partial charge in [-0.25, -0.2) is 4.98 Å². The lowest BCUT2D eigenvalue weighted by Gasteiger charge is -2.43. The van der Waals surface area contributed by atoms with Crippen molar-refractivity contribution in [1.82, 2.24) is 4.98 Å². The van der Waals surface area contributed by atoms with Crippen LogP contribution in [0.25, 0.3) is 0 Å². The molecule has 8 nitrogen and oxygen atoms in total. The molecule has 2 N–H and O–H groups in total. The molecule has 3 aromatic rings. The third-order valence-electron chi connectivity index (χ3n) is 7.05. The van der Waals surface area contributed by atoms with Crippen LogP contribution in [0.5, 0.6) is 5.75 Å². The summed E-state index contributed by atoms with van der Waals surface area (Å²) in [6.07, 6.45) is 6.32. The molecule has 1 aromatic heterocycles. The monoisotopic (exact) mass is 485 g/mol. The lowest BCUT2D eigenvalue weighted by molar-refractivity contribution is -0.119. The first-order valence-electron chi connectivity index (χ1n) is 12.3. The number of methoxy groups -OCH3 is 1. The molecule has 1 aliphatic carbocycles. The summed E-state index contributed by atoms with van der Waals surface area (Å²) in [5.74, 6) is 1.21. The minimum Gasteiger partial charge on any atom is -0.497 e. The van der Waals surface area contributed by atoms with Crippen LogP contribution in [0.3, 0.4) is 0 Å². The first-order valence-corrected chi connectivity index (χ1v) is 12.3. The Balaban J connectivity index is 1.38. The summed E-state index contributed by atoms with van der Waals surface area (Å²) in [7, 11) is 3.40. The van der Waals surface area contributed by atoms with Crippen molar-refractivity contribution in [2.75, 3.05) is 34.6 Å². The minimum atomic E-state index is -0.218. The maximum absolute atomic E-state index is 12.9. The van der Waals surface area contributed by atoms with Gasteiger partial charge in [-0.1, -0.05) is 25.0 Å². The Labute approximate surface area is 211 Å². The van der Waals surface area contributed by atoms with Crippen molar-refractivity contribution in [2.45, 2.75) is 44.7 Å². The van der Waals surface area contributed by atoms with Crippen molar-refractivity contribution in [1.29, 1.82) is 0 Å². The second-order valence-corrected chi connectivity index (χ2v) is 9.37. The highest BCUT2D eigenvalue weighted by atomic mass is 16.5. The first kappa shape index (κ1) is 23.7. The van der Waals surface area contributed by atoms with Crippen LogP contribution < -0.4 is 25.2 Å². The minimum absolute atomic E-state index is 0.0895. The Morgan fingerprint density at radius 2 is 1.78 bits per heavy atom. The number of nitrogens with zero attached hydrogens (tertiary/aromatic N) is 3. The number of amides is 2. The molecule has 1 fully saturated rings. The number of nitrogens with one attached hydrogen (secondary N) is 2. The van der Waals surface area contributed by atoms with Crippen molar-refractivity contribution in [3.05, 3.63) is 66.4 Å². The Morgan fingerprint density at radius 3 is 2.56 bits per heavy atom. The number of ether oxygens (including phenoxy) is 1. The quantitative estimate of drug-likeness (QED) is 0.499. The van der Waals surface area contributed by atoms with Gasteiger partial charge in [0.05, 0.1) is 24.7 Å². The van der Waals surface area contributed by atoms with Crippen LogP contribution in [0.1, 0.15) is 43.0 Å². The van der Waals surface area contributed by atoms with Gasteiger partial charge in [-0.15, -0.1) is 0 Å². The van der Waals surface area contributed by atoms with E-state index >= 15 is 0 Å². The number of benzene rings is 2. The Hall–Kier alpha value is -4.07. The van der Waals surface area contributed by atoms with E-state index in [2.05, 4.69) is 20.5 Å². The van der Waals surface area contributed by atoms with E-state index in [9.17, 15) is 9.59 Å². The molecule has 186 valence electrons. The summed E-state index contributed by atoms with van der Waals surface area (Å²) < 4.78 is 5.23. The van der Waals surface area contributed by atoms with Gasteiger partial charge in [-0.05, 0) is 50.1 Å². The van der Waals surface area contributed by atoms with Crippen LogP contribution in [0.2, 0.25) is 0 Å². The number of anilines is 5. The Bertz CT molecular complexity index is 1290. The normalized spacial score (nSPS) is 17.6. The van der Waals surface area contributed by atoms with Crippen molar-refractivity contribution in [3.8, 4) is 5.75 Å². The second-order valence-electron chi connectivity index (χ2n) is 9.37. The van der Waals surface area contributed by atoms with Gasteiger partial charge in [0, 0.05) is 42.2 Å². The molecule has 2 aliphatic rings. The summed E-state index contributed by atoms with van der Waals surface area (Å²) in [5.41, 5.74) is 3.77. The van der Waals surface area contributed by atoms with Crippen LogP contribution in [-0.4, -0.2) is 43.0 Å². The van der Waals surface area contributed by atoms with Gasteiger partial charge in [0.15, 0.2) is 0 Å². The van der Waals surface area contributed by atoms with E-state index in [1.807, 2.05) is 50.4 Å². The molecule has 1 aliphatic heterocycles. The number of hydrogen-bond acceptors (Lipinski definition) is 6. The zero-order valence-electron chi connectivity index (χ0n) is 20.8. The summed E-state index contributed by atoms with van der Waals surface area (Å²) in [6.45, 7) is 1.98. The van der Waals surface area contributed by atoms with Crippen LogP contribution in [0, 0.1) is 0 Å². The van der Waals surface area contributed by atoms with Crippen LogP contribution in [-0.2, 0) is 4.79 Å². The Kier molecular flexibility index (Phi) is 6.50. The molecule has 0 radical (unpaired) electrons. The van der Waals surface area contributed by atoms with E-state index in [1.165, 1.54) is 12.8 Å². The van der Waals surface area contributed by atoms with E-state index in [1.54, 1.807) is 36.4 Å². The Morgan fingerprint density at radius 1 is 1.03 bits per heavy atom. The van der Waals surface area contributed by atoms with E-state index < -0.39 is 0 Å². The molecule has 1 unspecified atom stereocenters. The number of fused-ring (bicyclic) bond motifs is 1. The van der Waals surface area contributed by atoms with Gasteiger partial charge in [0.25, 0.3) is 5.91 Å². The van der Waals surface area contributed by atoms with Gasteiger partial charge < -0.3 is 25.2 Å². The summed E-state index contributed by atoms with van der Waals surface area (Å²) in [6, 6.07) is 16.7. The van der Waals surface area contributed by atoms with E-state index in [0.29, 0.717) is 28.9 Å². The molecule has 0 saturated heterocycles. The van der Waals surface area contributed by atoms with Gasteiger partial charge >= 0.3 is 0 Å². The molecule has 5 rings (SSSR count). The fraction of sp³-hybridized carbons (Fsp3) is 0.321. The van der Waals surface area contributed by atoms with Crippen LogP contribution in [0.4, 0.5) is 28.6 Å². The van der Waals surface area contributed by atoms with Gasteiger partial charge in [-0.3, -0.25) is 9.59 Å². The standard InChI is InChI=1S/C28H31N5O3/c1-18-28(35)32(2)25-17-29-26(16-24(25)33(18)22-11-4-5-12-22)30-20-9-6-8-19(14-20)27(34)31-21-10-7-13-23(15-21)36-3/h6-10,13-18,22H,4-5,11-12H2,1-3H3,(H,29,30)(H,31,34). The van der Waals surface area contributed by atoms with Crippen LogP contribution >= 0.6 is 0 Å². The molecular formula is C28H31N5O3. The van der Waals surface area contributed by atoms with Crippen molar-refractivity contribution in [3.63, 3.8) is 0 Å². The predicted molar refractivity (Wildman–Crippen MR) is 143 cm³/mol. The molecule has 36 heavy (non-hydrogen) atoms. The van der Waals surface area contributed by atoms with Crippen molar-refractivity contribution in [2.24, 2.45) is 0 Å². The highest BCUT2D eigenvalue weighted by Crippen LogP contribution is 2.41. The number of carbonyl (C=O) groups excluding carboxylic acids is 2. The maximum Gasteiger partial charge on any atom is 0.255 e. The zero-order valence-corrected chi connectivity index (χ0v) is 20.8. The summed E-state index contributed by atoms with van der Waals surface area (Å²) >= 11 is 0. The van der Waals surface area contributed by atoms with Crippen molar-refractivity contribution >= 4 is 40.4 Å². The average molecular weight is 486 g/mol. The third-order valence-corrected chi connectivity index (χ3v) is 7.05. The number of rotatable bonds is 6. The van der Waals surface area contributed by atoms with Gasteiger partial charge in [-0.2, -0.15) is 0 Å². The highest BCUT2D eigenvalue weighted by molar-refractivity contribution is 6.06. The lowest BCUT2D eigenvalue weighted by atomic mass is 10.0. The van der Waals surface area contributed by atoms with Crippen LogP contribution in [0.15, 0.2) is 60.8 Å². The zero-order chi connectivity index (χ0) is 25.2. The number of aromatic nitrogens is 1. The fourth-order valence-corrected chi connectivity index (χ4v) is 5.18. The lowest BCUT2D eigenvalue weighted by Crippen LogP contribution is -2.54. The third kappa shape index (κ3) is 4.58. The predicted octanol–water partition coefficient (Wildman–Crippen LogP) is 5.20. The molecular weight excluding hydrogens is 454 g/mol. The molecule has 2 heterocycles. The maximum atomic E-state index is 12.9. The number of pyridine rings is 1. The number of carbonyl (C=O) groups is 2. The summed E-state index contributed by atoms with van der Waals surface area (Å²) in [5, 5.41) is 6.25. The number of hydrogen-bond donors (Lipinski definition) is 2. The summed E-state index contributed by atoms with van der Waals surface area (Å²) in [4.78, 5) is 34.3. The smallest absolute Gasteiger partial charge is 0.255 e. The average Bonchev–Trinajstić information content (AvgIpc) is 3.42. The highest BCUT2D eigenvalue weighted by Gasteiger charge is 2.38. The molecule has 2 aromatic carbocycles. The second kappa shape index (κ2) is 9.89. The van der Waals surface area contributed by atoms with Crippen molar-refractivity contribution < 1.29 is 14.3 Å². The number of likely N-dealkylation sites (N-methyl/N-ethyl adjacent to an activating group) is 1. The van der Waals surface area contributed by atoms with E-state index in [4.69, 9.17) is 4.74 Å². The fourth-order valence-electron chi connectivity index (χ4n) is 5.18. The largest absolute Gasteiger partial charge is 0.497 e. The molecule has 0 spiro atoms. The molecule has 2 amide bonds. The topological polar surface area (TPSA) is 86.8 Å². The molecule has 8 heteroatoms. The van der Waals surface area contributed by atoms with E-state index in [0.717, 1.165) is 29.9 Å². The molecule has 0 bridgehead atoms. The van der Waals surface area contributed by atoms with Gasteiger partial charge in [0.2, 0.25) is 5.91 Å². The first-order chi connectivity index (χ1) is 17.4. The molecule has 1 atom stereocenters. The van der Waals surface area contributed by atoms with E-state index in [-0.39, 0.29) is 17.9 Å². The molecule has 1 saturated carbocycles.